The van der Waals surface area contributed by atoms with Gasteiger partial charge in [-0.3, -0.25) is 0 Å². The van der Waals surface area contributed by atoms with Crippen molar-refractivity contribution in [1.82, 2.24) is 0 Å². The highest BCUT2D eigenvalue weighted by atomic mass is 35.5. The molecule has 1 heterocycles. The summed E-state index contributed by atoms with van der Waals surface area (Å²) >= 11 is 7.97. The molecule has 0 aliphatic carbocycles. The summed E-state index contributed by atoms with van der Waals surface area (Å²) in [5.41, 5.74) is 6.45. The van der Waals surface area contributed by atoms with Crippen molar-refractivity contribution in [3.05, 3.63) is 41.4 Å². The van der Waals surface area contributed by atoms with E-state index in [-0.39, 0.29) is 0 Å². The van der Waals surface area contributed by atoms with Crippen LogP contribution in [0.4, 0.5) is 5.69 Å². The van der Waals surface area contributed by atoms with Gasteiger partial charge in [-0.15, -0.1) is 11.3 Å². The average Bonchev–Trinajstić information content (AvgIpc) is 2.62. The van der Waals surface area contributed by atoms with E-state index in [2.05, 4.69) is 12.1 Å². The fourth-order valence-electron chi connectivity index (χ4n) is 1.79. The zero-order valence-corrected chi connectivity index (χ0v) is 9.40. The maximum Gasteiger partial charge on any atom is 0.0728 e. The first-order valence-corrected chi connectivity index (χ1v) is 5.82. The molecule has 0 unspecified atom stereocenters. The van der Waals surface area contributed by atoms with Gasteiger partial charge in [0.15, 0.2) is 0 Å². The van der Waals surface area contributed by atoms with E-state index in [0.717, 1.165) is 5.39 Å². The summed E-state index contributed by atoms with van der Waals surface area (Å²) in [5.74, 6) is 0. The van der Waals surface area contributed by atoms with Gasteiger partial charge in [-0.1, -0.05) is 29.8 Å². The Balaban J connectivity index is 2.63. The van der Waals surface area contributed by atoms with E-state index in [1.165, 1.54) is 14.8 Å². The topological polar surface area (TPSA) is 26.0 Å². The van der Waals surface area contributed by atoms with E-state index in [4.69, 9.17) is 17.3 Å². The number of nitrogens with two attached hydrogens (primary N) is 1. The van der Waals surface area contributed by atoms with Crippen LogP contribution in [0.3, 0.4) is 0 Å². The van der Waals surface area contributed by atoms with Gasteiger partial charge in [0.25, 0.3) is 0 Å². The fraction of sp³-hybridized carbons (Fsp3) is 0. The van der Waals surface area contributed by atoms with Gasteiger partial charge < -0.3 is 5.73 Å². The number of thiophene rings is 1. The SMILES string of the molecule is Nc1ccc2sc3ccccc3c2c1Cl. The van der Waals surface area contributed by atoms with Crippen LogP contribution >= 0.6 is 22.9 Å². The van der Waals surface area contributed by atoms with E-state index in [0.29, 0.717) is 10.7 Å². The Morgan fingerprint density at radius 2 is 1.80 bits per heavy atom. The molecule has 0 aliphatic rings. The van der Waals surface area contributed by atoms with E-state index in [1.54, 1.807) is 11.3 Å². The van der Waals surface area contributed by atoms with Crippen molar-refractivity contribution in [3.8, 4) is 0 Å². The molecule has 74 valence electrons. The van der Waals surface area contributed by atoms with Crippen LogP contribution in [-0.4, -0.2) is 0 Å². The molecule has 0 radical (unpaired) electrons. The minimum atomic E-state index is 0.646. The molecule has 0 saturated heterocycles. The minimum Gasteiger partial charge on any atom is -0.398 e. The highest BCUT2D eigenvalue weighted by Gasteiger charge is 2.09. The number of hydrogen-bond donors (Lipinski definition) is 1. The van der Waals surface area contributed by atoms with Crippen LogP contribution in [0.5, 0.6) is 0 Å². The maximum absolute atomic E-state index is 6.23. The molecule has 0 aliphatic heterocycles. The summed E-state index contributed by atoms with van der Waals surface area (Å²) in [4.78, 5) is 0. The molecule has 2 aromatic carbocycles. The number of hydrogen-bond acceptors (Lipinski definition) is 2. The summed E-state index contributed by atoms with van der Waals surface area (Å²) in [6, 6.07) is 12.1. The largest absolute Gasteiger partial charge is 0.398 e. The third-order valence-corrected chi connectivity index (χ3v) is 4.05. The fourth-order valence-corrected chi connectivity index (χ4v) is 3.23. The van der Waals surface area contributed by atoms with Crippen molar-refractivity contribution in [1.29, 1.82) is 0 Å². The molecule has 1 nitrogen and oxygen atoms in total. The molecule has 0 saturated carbocycles. The van der Waals surface area contributed by atoms with Gasteiger partial charge in [-0.2, -0.15) is 0 Å². The molecular formula is C12H8ClNS. The van der Waals surface area contributed by atoms with Crippen molar-refractivity contribution in [2.45, 2.75) is 0 Å². The lowest BCUT2D eigenvalue weighted by molar-refractivity contribution is 1.79. The molecule has 0 atom stereocenters. The lowest BCUT2D eigenvalue weighted by Crippen LogP contribution is -1.84. The first-order chi connectivity index (χ1) is 7.27. The standard InChI is InChI=1S/C12H8ClNS/c13-12-8(14)5-6-10-11(12)7-3-1-2-4-9(7)15-10/h1-6H,14H2. The molecule has 0 spiro atoms. The van der Waals surface area contributed by atoms with E-state index >= 15 is 0 Å². The third-order valence-electron chi connectivity index (χ3n) is 2.51. The molecule has 3 heteroatoms. The Kier molecular flexibility index (Phi) is 1.87. The predicted molar refractivity (Wildman–Crippen MR) is 68.8 cm³/mol. The zero-order chi connectivity index (χ0) is 10.4. The lowest BCUT2D eigenvalue weighted by Gasteiger charge is -1.99. The second-order valence-corrected chi connectivity index (χ2v) is 4.90. The van der Waals surface area contributed by atoms with Gasteiger partial charge in [0, 0.05) is 20.2 Å². The molecule has 0 amide bonds. The Morgan fingerprint density at radius 3 is 2.67 bits per heavy atom. The summed E-state index contributed by atoms with van der Waals surface area (Å²) in [7, 11) is 0. The normalized spacial score (nSPS) is 11.3. The smallest absolute Gasteiger partial charge is 0.0728 e. The Hall–Kier alpha value is -1.25. The second-order valence-electron chi connectivity index (χ2n) is 3.44. The Bertz CT molecular complexity index is 657. The van der Waals surface area contributed by atoms with E-state index < -0.39 is 0 Å². The number of fused-ring (bicyclic) bond motifs is 3. The van der Waals surface area contributed by atoms with Gasteiger partial charge in [0.05, 0.1) is 10.7 Å². The van der Waals surface area contributed by atoms with Crippen LogP contribution in [0.2, 0.25) is 5.02 Å². The first kappa shape index (κ1) is 9.01. The highest BCUT2D eigenvalue weighted by Crippen LogP contribution is 2.40. The summed E-state index contributed by atoms with van der Waals surface area (Å²) in [6.07, 6.45) is 0. The Morgan fingerprint density at radius 1 is 1.00 bits per heavy atom. The zero-order valence-electron chi connectivity index (χ0n) is 7.83. The number of anilines is 1. The molecule has 0 fully saturated rings. The quantitative estimate of drug-likeness (QED) is 0.576. The molecule has 15 heavy (non-hydrogen) atoms. The van der Waals surface area contributed by atoms with E-state index in [1.807, 2.05) is 24.3 Å². The number of benzene rings is 2. The van der Waals surface area contributed by atoms with Crippen LogP contribution in [0.15, 0.2) is 36.4 Å². The Labute approximate surface area is 96.1 Å². The van der Waals surface area contributed by atoms with Crippen LogP contribution in [0.25, 0.3) is 20.2 Å². The molecule has 2 N–H and O–H groups in total. The number of halogens is 1. The van der Waals surface area contributed by atoms with Crippen LogP contribution in [0, 0.1) is 0 Å². The molecule has 3 rings (SSSR count). The average molecular weight is 234 g/mol. The number of nitrogen functional groups attached to an aromatic ring is 1. The van der Waals surface area contributed by atoms with Gasteiger partial charge in [-0.25, -0.2) is 0 Å². The van der Waals surface area contributed by atoms with Crippen LogP contribution < -0.4 is 5.73 Å². The van der Waals surface area contributed by atoms with Crippen molar-refractivity contribution in [3.63, 3.8) is 0 Å². The van der Waals surface area contributed by atoms with Crippen molar-refractivity contribution < 1.29 is 0 Å². The van der Waals surface area contributed by atoms with Gasteiger partial charge in [0.1, 0.15) is 0 Å². The summed E-state index contributed by atoms with van der Waals surface area (Å²) in [5, 5.41) is 2.94. The van der Waals surface area contributed by atoms with Crippen molar-refractivity contribution >= 4 is 48.8 Å². The van der Waals surface area contributed by atoms with Gasteiger partial charge in [0.2, 0.25) is 0 Å². The second kappa shape index (κ2) is 3.12. The lowest BCUT2D eigenvalue weighted by atomic mass is 10.1. The van der Waals surface area contributed by atoms with Crippen LogP contribution in [-0.2, 0) is 0 Å². The minimum absolute atomic E-state index is 0.646. The number of rotatable bonds is 0. The van der Waals surface area contributed by atoms with Gasteiger partial charge in [-0.05, 0) is 18.2 Å². The predicted octanol–water partition coefficient (Wildman–Crippen LogP) is 4.29. The first-order valence-electron chi connectivity index (χ1n) is 4.62. The van der Waals surface area contributed by atoms with Gasteiger partial charge >= 0.3 is 0 Å². The maximum atomic E-state index is 6.23. The third kappa shape index (κ3) is 1.22. The molecular weight excluding hydrogens is 226 g/mol. The highest BCUT2D eigenvalue weighted by molar-refractivity contribution is 7.26. The van der Waals surface area contributed by atoms with Crippen LogP contribution in [0.1, 0.15) is 0 Å². The molecule has 0 bridgehead atoms. The summed E-state index contributed by atoms with van der Waals surface area (Å²) in [6.45, 7) is 0. The monoisotopic (exact) mass is 233 g/mol. The summed E-state index contributed by atoms with van der Waals surface area (Å²) < 4.78 is 2.44. The van der Waals surface area contributed by atoms with Crippen molar-refractivity contribution in [2.75, 3.05) is 5.73 Å². The van der Waals surface area contributed by atoms with E-state index in [9.17, 15) is 0 Å². The van der Waals surface area contributed by atoms with Crippen molar-refractivity contribution in [2.24, 2.45) is 0 Å². The molecule has 3 aromatic rings. The molecule has 1 aromatic heterocycles.